The molecule has 1 saturated heterocycles. The molecular formula is C22H29ClN4O2S. The minimum atomic E-state index is 0.0139. The Labute approximate surface area is 187 Å². The lowest BCUT2D eigenvalue weighted by Crippen LogP contribution is -2.50. The predicted octanol–water partition coefficient (Wildman–Crippen LogP) is 4.58. The van der Waals surface area contributed by atoms with E-state index in [0.717, 1.165) is 34.4 Å². The van der Waals surface area contributed by atoms with Crippen molar-refractivity contribution in [2.24, 2.45) is 0 Å². The molecule has 1 aliphatic carbocycles. The van der Waals surface area contributed by atoms with E-state index in [1.54, 1.807) is 11.3 Å². The third-order valence-corrected chi connectivity index (χ3v) is 7.80. The molecule has 2 heterocycles. The zero-order valence-corrected chi connectivity index (χ0v) is 19.3. The van der Waals surface area contributed by atoms with Crippen LogP contribution in [0.25, 0.3) is 0 Å². The lowest BCUT2D eigenvalue weighted by atomic mass is 9.90. The van der Waals surface area contributed by atoms with Crippen LogP contribution in [0.2, 0.25) is 5.02 Å². The van der Waals surface area contributed by atoms with Crippen LogP contribution in [0.3, 0.4) is 0 Å². The Morgan fingerprint density at radius 1 is 1.10 bits per heavy atom. The number of amides is 1. The molecule has 0 unspecified atom stereocenters. The van der Waals surface area contributed by atoms with Gasteiger partial charge in [-0.15, -0.1) is 10.2 Å². The van der Waals surface area contributed by atoms with Crippen LogP contribution in [-0.4, -0.2) is 53.8 Å². The summed E-state index contributed by atoms with van der Waals surface area (Å²) in [5.41, 5.74) is 1.91. The average molecular weight is 449 g/mol. The molecule has 2 aromatic rings. The number of aryl methyl sites for hydroxylation is 2. The normalized spacial score (nSPS) is 18.0. The molecule has 1 aromatic carbocycles. The number of nitrogens with zero attached hydrogens (tertiary/aromatic N) is 4. The zero-order chi connectivity index (χ0) is 21.1. The molecule has 0 N–H and O–H groups in total. The molecule has 0 bridgehead atoms. The second-order valence-corrected chi connectivity index (χ2v) is 9.65. The second kappa shape index (κ2) is 9.52. The van der Waals surface area contributed by atoms with Gasteiger partial charge in [-0.2, -0.15) is 0 Å². The summed E-state index contributed by atoms with van der Waals surface area (Å²) in [6, 6.07) is 3.75. The molecule has 1 aromatic heterocycles. The van der Waals surface area contributed by atoms with Crippen molar-refractivity contribution in [1.82, 2.24) is 15.1 Å². The quantitative estimate of drug-likeness (QED) is 0.669. The van der Waals surface area contributed by atoms with Crippen molar-refractivity contribution in [3.05, 3.63) is 33.3 Å². The van der Waals surface area contributed by atoms with Crippen molar-refractivity contribution in [3.8, 4) is 5.75 Å². The number of anilines is 1. The minimum Gasteiger partial charge on any atom is -0.484 e. The number of carbonyl (C=O) groups is 1. The van der Waals surface area contributed by atoms with Crippen LogP contribution in [0, 0.1) is 13.8 Å². The molecule has 30 heavy (non-hydrogen) atoms. The summed E-state index contributed by atoms with van der Waals surface area (Å²) in [6.45, 7) is 6.85. The van der Waals surface area contributed by atoms with Crippen molar-refractivity contribution in [1.29, 1.82) is 0 Å². The molecule has 6 nitrogen and oxygen atoms in total. The van der Waals surface area contributed by atoms with E-state index in [2.05, 4.69) is 15.1 Å². The highest BCUT2D eigenvalue weighted by atomic mass is 35.5. The van der Waals surface area contributed by atoms with Crippen molar-refractivity contribution in [2.45, 2.75) is 51.9 Å². The molecule has 1 saturated carbocycles. The third-order valence-electron chi connectivity index (χ3n) is 6.06. The molecule has 1 amide bonds. The van der Waals surface area contributed by atoms with Crippen LogP contribution in [-0.2, 0) is 4.79 Å². The Kier molecular flexibility index (Phi) is 6.78. The number of aromatic nitrogens is 2. The Bertz CT molecular complexity index is 866. The largest absolute Gasteiger partial charge is 0.484 e. The summed E-state index contributed by atoms with van der Waals surface area (Å²) in [5.74, 6) is 1.29. The first-order valence-corrected chi connectivity index (χ1v) is 12.0. The van der Waals surface area contributed by atoms with Gasteiger partial charge in [-0.25, -0.2) is 0 Å². The first-order valence-electron chi connectivity index (χ1n) is 10.8. The Morgan fingerprint density at radius 2 is 1.77 bits per heavy atom. The Balaban J connectivity index is 1.27. The van der Waals surface area contributed by atoms with Gasteiger partial charge in [0.25, 0.3) is 5.91 Å². The molecule has 0 radical (unpaired) electrons. The molecule has 162 valence electrons. The van der Waals surface area contributed by atoms with Gasteiger partial charge in [-0.1, -0.05) is 42.2 Å². The van der Waals surface area contributed by atoms with Gasteiger partial charge in [0.1, 0.15) is 10.8 Å². The molecule has 4 rings (SSSR count). The van der Waals surface area contributed by atoms with Crippen LogP contribution < -0.4 is 9.64 Å². The number of hydrogen-bond donors (Lipinski definition) is 0. The molecule has 0 spiro atoms. The van der Waals surface area contributed by atoms with Gasteiger partial charge in [-0.3, -0.25) is 4.79 Å². The predicted molar refractivity (Wildman–Crippen MR) is 121 cm³/mol. The van der Waals surface area contributed by atoms with E-state index in [0.29, 0.717) is 24.8 Å². The first kappa shape index (κ1) is 21.4. The van der Waals surface area contributed by atoms with Gasteiger partial charge in [0, 0.05) is 37.1 Å². The van der Waals surface area contributed by atoms with Gasteiger partial charge in [0.2, 0.25) is 5.13 Å². The number of hydrogen-bond acceptors (Lipinski definition) is 6. The number of halogens is 1. The minimum absolute atomic E-state index is 0.0139. The maximum atomic E-state index is 12.6. The molecular weight excluding hydrogens is 420 g/mol. The van der Waals surface area contributed by atoms with E-state index >= 15 is 0 Å². The number of piperazine rings is 1. The lowest BCUT2D eigenvalue weighted by Gasteiger charge is -2.34. The fraction of sp³-hybridized carbons (Fsp3) is 0.591. The van der Waals surface area contributed by atoms with E-state index in [-0.39, 0.29) is 12.5 Å². The van der Waals surface area contributed by atoms with Crippen molar-refractivity contribution < 1.29 is 9.53 Å². The van der Waals surface area contributed by atoms with Gasteiger partial charge >= 0.3 is 0 Å². The highest BCUT2D eigenvalue weighted by molar-refractivity contribution is 7.15. The van der Waals surface area contributed by atoms with Crippen molar-refractivity contribution in [2.75, 3.05) is 37.7 Å². The van der Waals surface area contributed by atoms with Crippen molar-refractivity contribution >= 4 is 34.0 Å². The highest BCUT2D eigenvalue weighted by Crippen LogP contribution is 2.36. The molecule has 2 aliphatic rings. The lowest BCUT2D eigenvalue weighted by molar-refractivity contribution is -0.133. The Hall–Kier alpha value is -1.86. The van der Waals surface area contributed by atoms with Crippen LogP contribution >= 0.6 is 22.9 Å². The topological polar surface area (TPSA) is 58.6 Å². The summed E-state index contributed by atoms with van der Waals surface area (Å²) >= 11 is 7.93. The SMILES string of the molecule is Cc1cc(OCC(=O)N2CCN(c3nnc(C4CCCCC4)s3)CC2)cc(C)c1Cl. The number of ether oxygens (including phenoxy) is 1. The van der Waals surface area contributed by atoms with Gasteiger partial charge in [-0.05, 0) is 49.9 Å². The van der Waals surface area contributed by atoms with E-state index in [9.17, 15) is 4.79 Å². The summed E-state index contributed by atoms with van der Waals surface area (Å²) in [7, 11) is 0. The Morgan fingerprint density at radius 3 is 2.43 bits per heavy atom. The fourth-order valence-corrected chi connectivity index (χ4v) is 5.42. The fourth-order valence-electron chi connectivity index (χ4n) is 4.24. The number of benzene rings is 1. The van der Waals surface area contributed by atoms with E-state index < -0.39 is 0 Å². The summed E-state index contributed by atoms with van der Waals surface area (Å²) in [6.07, 6.45) is 6.43. The monoisotopic (exact) mass is 448 g/mol. The summed E-state index contributed by atoms with van der Waals surface area (Å²) in [5, 5.41) is 11.8. The highest BCUT2D eigenvalue weighted by Gasteiger charge is 2.25. The third kappa shape index (κ3) is 4.89. The molecule has 1 aliphatic heterocycles. The number of carbonyl (C=O) groups excluding carboxylic acids is 1. The van der Waals surface area contributed by atoms with Crippen LogP contribution in [0.1, 0.15) is 54.2 Å². The maximum absolute atomic E-state index is 12.6. The second-order valence-electron chi connectivity index (χ2n) is 8.29. The smallest absolute Gasteiger partial charge is 0.260 e. The standard InChI is InChI=1S/C22H29ClN4O2S/c1-15-12-18(13-16(2)20(15)23)29-14-19(28)26-8-10-27(11-9-26)22-25-24-21(30-22)17-6-4-3-5-7-17/h12-13,17H,3-11,14H2,1-2H3. The average Bonchev–Trinajstić information content (AvgIpc) is 3.27. The van der Waals surface area contributed by atoms with Gasteiger partial charge in [0.15, 0.2) is 6.61 Å². The van der Waals surface area contributed by atoms with Gasteiger partial charge in [0.05, 0.1) is 0 Å². The van der Waals surface area contributed by atoms with E-state index in [1.807, 2.05) is 30.9 Å². The van der Waals surface area contributed by atoms with Crippen molar-refractivity contribution in [3.63, 3.8) is 0 Å². The van der Waals surface area contributed by atoms with E-state index in [4.69, 9.17) is 16.3 Å². The van der Waals surface area contributed by atoms with Crippen LogP contribution in [0.5, 0.6) is 5.75 Å². The van der Waals surface area contributed by atoms with Gasteiger partial charge < -0.3 is 14.5 Å². The maximum Gasteiger partial charge on any atom is 0.260 e. The zero-order valence-electron chi connectivity index (χ0n) is 17.7. The number of rotatable bonds is 5. The molecule has 8 heteroatoms. The van der Waals surface area contributed by atoms with Crippen LogP contribution in [0.15, 0.2) is 12.1 Å². The molecule has 0 atom stereocenters. The first-order chi connectivity index (χ1) is 14.5. The van der Waals surface area contributed by atoms with E-state index in [1.165, 1.54) is 37.1 Å². The van der Waals surface area contributed by atoms with Crippen LogP contribution in [0.4, 0.5) is 5.13 Å². The molecule has 2 fully saturated rings. The summed E-state index contributed by atoms with van der Waals surface area (Å²) in [4.78, 5) is 16.7. The summed E-state index contributed by atoms with van der Waals surface area (Å²) < 4.78 is 5.74.